The summed E-state index contributed by atoms with van der Waals surface area (Å²) in [4.78, 5) is 29.0. The van der Waals surface area contributed by atoms with Gasteiger partial charge in [-0.25, -0.2) is 0 Å². The van der Waals surface area contributed by atoms with E-state index < -0.39 is 0 Å². The van der Waals surface area contributed by atoms with Gasteiger partial charge in [0.1, 0.15) is 0 Å². The zero-order valence-corrected chi connectivity index (χ0v) is 10.9. The second-order valence-corrected chi connectivity index (χ2v) is 4.57. The molecule has 4 heteroatoms. The van der Waals surface area contributed by atoms with E-state index in [9.17, 15) is 9.59 Å². The molecule has 0 fully saturated rings. The van der Waals surface area contributed by atoms with E-state index in [0.29, 0.717) is 17.7 Å². The van der Waals surface area contributed by atoms with Gasteiger partial charge in [-0.15, -0.1) is 0 Å². The van der Waals surface area contributed by atoms with Crippen molar-refractivity contribution in [1.29, 1.82) is 0 Å². The van der Waals surface area contributed by atoms with Crippen molar-refractivity contribution in [3.8, 4) is 5.75 Å². The molecule has 0 bridgehead atoms. The zero-order valence-electron chi connectivity index (χ0n) is 10.9. The standard InChI is InChI=1S/C14H17NO3/c1-4-5-12(16)10-6-7-11-9(2)14(17)15(3)18-13(11)8-10/h6-9H,4-5H2,1-3H3. The number of carbonyl (C=O) groups is 2. The Kier molecular flexibility index (Phi) is 3.36. The maximum absolute atomic E-state index is 11.8. The van der Waals surface area contributed by atoms with Gasteiger partial charge in [-0.1, -0.05) is 19.1 Å². The maximum Gasteiger partial charge on any atom is 0.262 e. The van der Waals surface area contributed by atoms with E-state index in [1.165, 1.54) is 5.06 Å². The van der Waals surface area contributed by atoms with Gasteiger partial charge in [0.15, 0.2) is 11.5 Å². The Bertz CT molecular complexity index is 496. The number of hydroxylamine groups is 2. The summed E-state index contributed by atoms with van der Waals surface area (Å²) >= 11 is 0. The normalized spacial score (nSPS) is 18.3. The number of Topliss-reactive ketones (excluding diaryl/α,β-unsaturated/α-hetero) is 1. The molecule has 1 aromatic rings. The van der Waals surface area contributed by atoms with Crippen LogP contribution in [-0.4, -0.2) is 23.8 Å². The first-order chi connectivity index (χ1) is 8.54. The number of carbonyl (C=O) groups excluding carboxylic acids is 2. The molecule has 2 rings (SSSR count). The van der Waals surface area contributed by atoms with Crippen molar-refractivity contribution in [3.63, 3.8) is 0 Å². The lowest BCUT2D eigenvalue weighted by Gasteiger charge is -2.29. The number of rotatable bonds is 3. The van der Waals surface area contributed by atoms with Crippen LogP contribution in [0.25, 0.3) is 0 Å². The average molecular weight is 247 g/mol. The number of hydrogen-bond donors (Lipinski definition) is 0. The van der Waals surface area contributed by atoms with Crippen molar-refractivity contribution in [2.75, 3.05) is 7.05 Å². The molecule has 1 atom stereocenters. The second-order valence-electron chi connectivity index (χ2n) is 4.57. The lowest BCUT2D eigenvalue weighted by atomic mass is 9.95. The van der Waals surface area contributed by atoms with Gasteiger partial charge in [-0.05, 0) is 19.4 Å². The van der Waals surface area contributed by atoms with Crippen molar-refractivity contribution in [2.24, 2.45) is 0 Å². The first kappa shape index (κ1) is 12.6. The van der Waals surface area contributed by atoms with Gasteiger partial charge in [0.2, 0.25) is 0 Å². The van der Waals surface area contributed by atoms with E-state index in [2.05, 4.69) is 0 Å². The minimum absolute atomic E-state index is 0.0739. The van der Waals surface area contributed by atoms with Crippen LogP contribution < -0.4 is 4.84 Å². The SMILES string of the molecule is CCCC(=O)c1ccc2c(c1)ON(C)C(=O)C2C. The minimum atomic E-state index is -0.228. The molecule has 0 aromatic heterocycles. The van der Waals surface area contributed by atoms with E-state index in [0.717, 1.165) is 12.0 Å². The predicted molar refractivity (Wildman–Crippen MR) is 67.5 cm³/mol. The summed E-state index contributed by atoms with van der Waals surface area (Å²) in [7, 11) is 1.59. The monoisotopic (exact) mass is 247 g/mol. The Morgan fingerprint density at radius 2 is 2.17 bits per heavy atom. The van der Waals surface area contributed by atoms with Crippen LogP contribution in [0.2, 0.25) is 0 Å². The molecule has 0 saturated carbocycles. The highest BCUT2D eigenvalue weighted by atomic mass is 16.7. The number of fused-ring (bicyclic) bond motifs is 1. The van der Waals surface area contributed by atoms with Gasteiger partial charge >= 0.3 is 0 Å². The molecule has 96 valence electrons. The van der Waals surface area contributed by atoms with Gasteiger partial charge in [-0.2, -0.15) is 5.06 Å². The first-order valence-corrected chi connectivity index (χ1v) is 6.17. The molecular formula is C14H17NO3. The van der Waals surface area contributed by atoms with E-state index in [1.807, 2.05) is 19.9 Å². The molecule has 4 nitrogen and oxygen atoms in total. The summed E-state index contributed by atoms with van der Waals surface area (Å²) in [6, 6.07) is 5.32. The van der Waals surface area contributed by atoms with Crippen LogP contribution in [0.5, 0.6) is 5.75 Å². The van der Waals surface area contributed by atoms with Crippen LogP contribution in [0.4, 0.5) is 0 Å². The summed E-state index contributed by atoms with van der Waals surface area (Å²) in [5, 5.41) is 1.22. The Morgan fingerprint density at radius 3 is 2.83 bits per heavy atom. The molecule has 1 aliphatic heterocycles. The summed E-state index contributed by atoms with van der Waals surface area (Å²) in [5.74, 6) is 0.409. The highest BCUT2D eigenvalue weighted by molar-refractivity contribution is 5.97. The van der Waals surface area contributed by atoms with Gasteiger partial charge < -0.3 is 4.84 Å². The molecule has 1 unspecified atom stereocenters. The largest absolute Gasteiger partial charge is 0.377 e. The third-order valence-corrected chi connectivity index (χ3v) is 3.20. The zero-order chi connectivity index (χ0) is 13.3. The topological polar surface area (TPSA) is 46.6 Å². The fourth-order valence-electron chi connectivity index (χ4n) is 2.11. The Morgan fingerprint density at radius 1 is 1.44 bits per heavy atom. The Balaban J connectivity index is 2.36. The first-order valence-electron chi connectivity index (χ1n) is 6.17. The molecule has 1 aromatic carbocycles. The highest BCUT2D eigenvalue weighted by Gasteiger charge is 2.30. The number of hydrogen-bond acceptors (Lipinski definition) is 3. The molecule has 1 heterocycles. The predicted octanol–water partition coefficient (Wildman–Crippen LogP) is 2.54. The number of ketones is 1. The third kappa shape index (κ3) is 2.10. The summed E-state index contributed by atoms with van der Waals surface area (Å²) in [6.07, 6.45) is 1.36. The molecule has 0 saturated heterocycles. The molecule has 0 aliphatic carbocycles. The van der Waals surface area contributed by atoms with Crippen molar-refractivity contribution >= 4 is 11.7 Å². The van der Waals surface area contributed by atoms with E-state index in [4.69, 9.17) is 4.84 Å². The van der Waals surface area contributed by atoms with Crippen LogP contribution >= 0.6 is 0 Å². The van der Waals surface area contributed by atoms with Crippen LogP contribution in [0, 0.1) is 0 Å². The molecule has 0 radical (unpaired) electrons. The lowest BCUT2D eigenvalue weighted by molar-refractivity contribution is -0.157. The van der Waals surface area contributed by atoms with Crippen molar-refractivity contribution < 1.29 is 14.4 Å². The van der Waals surface area contributed by atoms with Gasteiger partial charge in [0, 0.05) is 24.6 Å². The van der Waals surface area contributed by atoms with Gasteiger partial charge in [0.25, 0.3) is 5.91 Å². The van der Waals surface area contributed by atoms with Crippen LogP contribution in [0.3, 0.4) is 0 Å². The number of nitrogens with zero attached hydrogens (tertiary/aromatic N) is 1. The molecule has 0 N–H and O–H groups in total. The van der Waals surface area contributed by atoms with E-state index in [-0.39, 0.29) is 17.6 Å². The van der Waals surface area contributed by atoms with Crippen molar-refractivity contribution in [2.45, 2.75) is 32.6 Å². The van der Waals surface area contributed by atoms with Crippen molar-refractivity contribution in [1.82, 2.24) is 5.06 Å². The Hall–Kier alpha value is -1.84. The average Bonchev–Trinajstić information content (AvgIpc) is 2.36. The summed E-state index contributed by atoms with van der Waals surface area (Å²) < 4.78 is 0. The number of benzene rings is 1. The third-order valence-electron chi connectivity index (χ3n) is 3.20. The molecular weight excluding hydrogens is 230 g/mol. The number of likely N-dealkylation sites (N-methyl/N-ethyl adjacent to an activating group) is 1. The van der Waals surface area contributed by atoms with Gasteiger partial charge in [0.05, 0.1) is 5.92 Å². The van der Waals surface area contributed by atoms with Crippen LogP contribution in [0.1, 0.15) is 48.5 Å². The molecule has 1 aliphatic rings. The highest BCUT2D eigenvalue weighted by Crippen LogP contribution is 2.33. The van der Waals surface area contributed by atoms with Gasteiger partial charge in [-0.3, -0.25) is 9.59 Å². The van der Waals surface area contributed by atoms with Crippen LogP contribution in [-0.2, 0) is 4.79 Å². The molecule has 18 heavy (non-hydrogen) atoms. The summed E-state index contributed by atoms with van der Waals surface area (Å²) in [5.41, 5.74) is 1.48. The van der Waals surface area contributed by atoms with Crippen LogP contribution in [0.15, 0.2) is 18.2 Å². The van der Waals surface area contributed by atoms with Crippen molar-refractivity contribution in [3.05, 3.63) is 29.3 Å². The quantitative estimate of drug-likeness (QED) is 0.771. The number of amides is 1. The lowest BCUT2D eigenvalue weighted by Crippen LogP contribution is -2.37. The maximum atomic E-state index is 11.8. The fourth-order valence-corrected chi connectivity index (χ4v) is 2.11. The minimum Gasteiger partial charge on any atom is -0.377 e. The summed E-state index contributed by atoms with van der Waals surface area (Å²) in [6.45, 7) is 3.81. The van der Waals surface area contributed by atoms with E-state index >= 15 is 0 Å². The smallest absolute Gasteiger partial charge is 0.262 e. The van der Waals surface area contributed by atoms with E-state index in [1.54, 1.807) is 19.2 Å². The molecule has 0 spiro atoms. The Labute approximate surface area is 106 Å². The molecule has 1 amide bonds. The second kappa shape index (κ2) is 4.80. The fraction of sp³-hybridized carbons (Fsp3) is 0.429.